The van der Waals surface area contributed by atoms with Crippen molar-refractivity contribution in [1.29, 1.82) is 0 Å². The molecule has 24 heavy (non-hydrogen) atoms. The molecule has 0 fully saturated rings. The van der Waals surface area contributed by atoms with Gasteiger partial charge in [-0.05, 0) is 31.2 Å². The van der Waals surface area contributed by atoms with E-state index in [4.69, 9.17) is 4.74 Å². The molecule has 0 aliphatic rings. The maximum Gasteiger partial charge on any atom is 0.260 e. The van der Waals surface area contributed by atoms with Gasteiger partial charge in [0.1, 0.15) is 18.2 Å². The molecule has 0 aliphatic heterocycles. The Labute approximate surface area is 142 Å². The fourth-order valence-corrected chi connectivity index (χ4v) is 2.60. The highest BCUT2D eigenvalue weighted by molar-refractivity contribution is 7.15. The van der Waals surface area contributed by atoms with Crippen LogP contribution in [-0.4, -0.2) is 16.1 Å². The second-order valence-corrected chi connectivity index (χ2v) is 6.10. The maximum absolute atomic E-state index is 13.6. The Morgan fingerprint density at radius 1 is 1.17 bits per heavy atom. The number of aryl methyl sites for hydroxylation is 1. The summed E-state index contributed by atoms with van der Waals surface area (Å²) in [7, 11) is 0. The highest BCUT2D eigenvalue weighted by atomic mass is 32.1. The van der Waals surface area contributed by atoms with Crippen molar-refractivity contribution in [2.45, 2.75) is 13.5 Å². The number of halogens is 1. The molecule has 122 valence electrons. The van der Waals surface area contributed by atoms with Gasteiger partial charge in [0.2, 0.25) is 5.13 Å². The van der Waals surface area contributed by atoms with Gasteiger partial charge in [0.25, 0.3) is 5.91 Å². The van der Waals surface area contributed by atoms with E-state index >= 15 is 0 Å². The zero-order chi connectivity index (χ0) is 16.9. The predicted molar refractivity (Wildman–Crippen MR) is 89.8 cm³/mol. The van der Waals surface area contributed by atoms with Crippen LogP contribution in [0, 0.1) is 12.7 Å². The first-order valence-corrected chi connectivity index (χ1v) is 8.01. The Morgan fingerprint density at radius 2 is 1.92 bits per heavy atom. The topological polar surface area (TPSA) is 64.1 Å². The van der Waals surface area contributed by atoms with Crippen LogP contribution in [0.25, 0.3) is 0 Å². The number of rotatable bonds is 5. The maximum atomic E-state index is 13.6. The summed E-state index contributed by atoms with van der Waals surface area (Å²) in [5, 5.41) is 11.3. The lowest BCUT2D eigenvalue weighted by Gasteiger charge is -2.03. The number of hydrogen-bond acceptors (Lipinski definition) is 5. The van der Waals surface area contributed by atoms with Crippen molar-refractivity contribution in [1.82, 2.24) is 10.2 Å². The second-order valence-electron chi connectivity index (χ2n) is 5.04. The Balaban J connectivity index is 1.60. The largest absolute Gasteiger partial charge is 0.486 e. The van der Waals surface area contributed by atoms with Gasteiger partial charge in [-0.1, -0.05) is 41.2 Å². The molecule has 5 nitrogen and oxygen atoms in total. The number of hydrogen-bond donors (Lipinski definition) is 1. The number of carbonyl (C=O) groups excluding carboxylic acids is 1. The third kappa shape index (κ3) is 3.94. The van der Waals surface area contributed by atoms with Gasteiger partial charge in [0.05, 0.1) is 5.56 Å². The van der Waals surface area contributed by atoms with E-state index in [2.05, 4.69) is 15.5 Å². The SMILES string of the molecule is Cc1ccc(OCc2nnc(NC(=O)c3ccccc3F)s2)cc1. The molecule has 1 amide bonds. The Morgan fingerprint density at radius 3 is 2.67 bits per heavy atom. The summed E-state index contributed by atoms with van der Waals surface area (Å²) < 4.78 is 19.2. The van der Waals surface area contributed by atoms with Gasteiger partial charge >= 0.3 is 0 Å². The van der Waals surface area contributed by atoms with Crippen molar-refractivity contribution in [3.05, 3.63) is 70.5 Å². The van der Waals surface area contributed by atoms with Crippen LogP contribution in [0.5, 0.6) is 5.75 Å². The summed E-state index contributed by atoms with van der Waals surface area (Å²) >= 11 is 1.18. The van der Waals surface area contributed by atoms with Gasteiger partial charge in [0.15, 0.2) is 5.01 Å². The predicted octanol–water partition coefficient (Wildman–Crippen LogP) is 3.82. The summed E-state index contributed by atoms with van der Waals surface area (Å²) in [5.41, 5.74) is 1.11. The molecule has 0 saturated carbocycles. The van der Waals surface area contributed by atoms with E-state index in [-0.39, 0.29) is 12.2 Å². The number of nitrogens with zero attached hydrogens (tertiary/aromatic N) is 2. The summed E-state index contributed by atoms with van der Waals surface area (Å²) in [6.45, 7) is 2.25. The van der Waals surface area contributed by atoms with Crippen LogP contribution in [0.1, 0.15) is 20.9 Å². The molecule has 1 aromatic heterocycles. The van der Waals surface area contributed by atoms with Crippen molar-refractivity contribution in [2.24, 2.45) is 0 Å². The molecule has 7 heteroatoms. The average Bonchev–Trinajstić information content (AvgIpc) is 3.02. The van der Waals surface area contributed by atoms with E-state index in [1.807, 2.05) is 31.2 Å². The molecule has 0 saturated heterocycles. The van der Waals surface area contributed by atoms with Crippen LogP contribution in [0.4, 0.5) is 9.52 Å². The fourth-order valence-electron chi connectivity index (χ4n) is 1.95. The minimum Gasteiger partial charge on any atom is -0.486 e. The molecule has 3 rings (SSSR count). The van der Waals surface area contributed by atoms with Gasteiger partial charge in [-0.2, -0.15) is 0 Å². The van der Waals surface area contributed by atoms with Gasteiger partial charge in [-0.25, -0.2) is 4.39 Å². The zero-order valence-electron chi connectivity index (χ0n) is 12.8. The molecule has 0 radical (unpaired) electrons. The van der Waals surface area contributed by atoms with Crippen molar-refractivity contribution < 1.29 is 13.9 Å². The first-order valence-electron chi connectivity index (χ1n) is 7.19. The van der Waals surface area contributed by atoms with Gasteiger partial charge in [-0.3, -0.25) is 10.1 Å². The minimum absolute atomic E-state index is 0.0369. The summed E-state index contributed by atoms with van der Waals surface area (Å²) in [4.78, 5) is 12.0. The lowest BCUT2D eigenvalue weighted by atomic mass is 10.2. The van der Waals surface area contributed by atoms with Gasteiger partial charge < -0.3 is 4.74 Å². The van der Waals surface area contributed by atoms with E-state index in [0.29, 0.717) is 10.1 Å². The minimum atomic E-state index is -0.581. The average molecular weight is 343 g/mol. The Kier molecular flexibility index (Phi) is 4.81. The zero-order valence-corrected chi connectivity index (χ0v) is 13.6. The lowest BCUT2D eigenvalue weighted by Crippen LogP contribution is -2.13. The van der Waals surface area contributed by atoms with Gasteiger partial charge in [0, 0.05) is 0 Å². The smallest absolute Gasteiger partial charge is 0.260 e. The van der Waals surface area contributed by atoms with Crippen LogP contribution < -0.4 is 10.1 Å². The number of ether oxygens (including phenoxy) is 1. The highest BCUT2D eigenvalue weighted by Gasteiger charge is 2.13. The standard InChI is InChI=1S/C17H14FN3O2S/c1-11-6-8-12(9-7-11)23-10-15-20-21-17(24-15)19-16(22)13-4-2-3-5-14(13)18/h2-9H,10H2,1H3,(H,19,21,22). The van der Waals surface area contributed by atoms with Crippen molar-refractivity contribution in [3.63, 3.8) is 0 Å². The molecular formula is C17H14FN3O2S. The summed E-state index contributed by atoms with van der Waals surface area (Å²) in [6.07, 6.45) is 0. The molecule has 0 atom stereocenters. The molecule has 0 spiro atoms. The Bertz CT molecular complexity index is 849. The number of benzene rings is 2. The van der Waals surface area contributed by atoms with E-state index < -0.39 is 11.7 Å². The van der Waals surface area contributed by atoms with Crippen LogP contribution in [0.15, 0.2) is 48.5 Å². The molecule has 1 heterocycles. The van der Waals surface area contributed by atoms with E-state index in [0.717, 1.165) is 11.3 Å². The van der Waals surface area contributed by atoms with Crippen LogP contribution >= 0.6 is 11.3 Å². The molecule has 0 bridgehead atoms. The number of anilines is 1. The molecule has 2 aromatic carbocycles. The first kappa shape index (κ1) is 16.1. The monoisotopic (exact) mass is 343 g/mol. The van der Waals surface area contributed by atoms with Crippen molar-refractivity contribution in [3.8, 4) is 5.75 Å². The third-order valence-electron chi connectivity index (χ3n) is 3.19. The molecule has 0 unspecified atom stereocenters. The molecule has 3 aromatic rings. The molecule has 0 aliphatic carbocycles. The quantitative estimate of drug-likeness (QED) is 0.765. The fraction of sp³-hybridized carbons (Fsp3) is 0.118. The molecule has 1 N–H and O–H groups in total. The molecular weight excluding hydrogens is 329 g/mol. The number of carbonyl (C=O) groups is 1. The lowest BCUT2D eigenvalue weighted by molar-refractivity contribution is 0.102. The number of aromatic nitrogens is 2. The van der Waals surface area contributed by atoms with Crippen molar-refractivity contribution >= 4 is 22.4 Å². The van der Waals surface area contributed by atoms with E-state index in [1.54, 1.807) is 6.07 Å². The first-order chi connectivity index (χ1) is 11.6. The van der Waals surface area contributed by atoms with Crippen LogP contribution in [0.2, 0.25) is 0 Å². The number of nitrogens with one attached hydrogen (secondary N) is 1. The summed E-state index contributed by atoms with van der Waals surface area (Å²) in [6, 6.07) is 13.4. The van der Waals surface area contributed by atoms with Crippen LogP contribution in [-0.2, 0) is 6.61 Å². The van der Waals surface area contributed by atoms with E-state index in [1.165, 1.54) is 29.5 Å². The normalized spacial score (nSPS) is 10.4. The van der Waals surface area contributed by atoms with Gasteiger partial charge in [-0.15, -0.1) is 10.2 Å². The highest BCUT2D eigenvalue weighted by Crippen LogP contribution is 2.19. The van der Waals surface area contributed by atoms with E-state index in [9.17, 15) is 9.18 Å². The Hall–Kier alpha value is -2.80. The summed E-state index contributed by atoms with van der Waals surface area (Å²) in [5.74, 6) is -0.412. The van der Waals surface area contributed by atoms with Crippen molar-refractivity contribution in [2.75, 3.05) is 5.32 Å². The van der Waals surface area contributed by atoms with Crippen LogP contribution in [0.3, 0.4) is 0 Å². The third-order valence-corrected chi connectivity index (χ3v) is 4.00. The number of amides is 1. The second kappa shape index (κ2) is 7.18.